The molecule has 2 rings (SSSR count). The number of aryl methyl sites for hydroxylation is 5. The van der Waals surface area contributed by atoms with E-state index in [4.69, 9.17) is 4.74 Å². The summed E-state index contributed by atoms with van der Waals surface area (Å²) in [5, 5.41) is 0. The van der Waals surface area contributed by atoms with Crippen LogP contribution in [0.1, 0.15) is 33.5 Å². The summed E-state index contributed by atoms with van der Waals surface area (Å²) in [5.41, 5.74) is 6.86. The van der Waals surface area contributed by atoms with Gasteiger partial charge in [0.25, 0.3) is 0 Å². The number of ether oxygens (including phenoxy) is 1. The quantitative estimate of drug-likeness (QED) is 0.774. The van der Waals surface area contributed by atoms with Crippen LogP contribution in [0.5, 0.6) is 11.6 Å². The second-order valence-corrected chi connectivity index (χ2v) is 5.34. The number of aromatic nitrogens is 1. The van der Waals surface area contributed by atoms with E-state index in [1.54, 1.807) is 0 Å². The molecular formula is C17H21NO. The first kappa shape index (κ1) is 13.6. The molecule has 0 saturated carbocycles. The van der Waals surface area contributed by atoms with E-state index in [0.717, 1.165) is 28.1 Å². The van der Waals surface area contributed by atoms with Crippen molar-refractivity contribution in [1.29, 1.82) is 0 Å². The standard InChI is InChI=1S/C17H21NO/c1-10-7-12(3)16(13(4)8-10)19-17-15(6)11(2)9-14(5)18-17/h7-9H,1-6H3. The van der Waals surface area contributed by atoms with Crippen molar-refractivity contribution in [2.45, 2.75) is 41.5 Å². The highest BCUT2D eigenvalue weighted by Gasteiger charge is 2.11. The Labute approximate surface area is 115 Å². The van der Waals surface area contributed by atoms with Gasteiger partial charge in [0.1, 0.15) is 5.75 Å². The molecule has 0 atom stereocenters. The van der Waals surface area contributed by atoms with Gasteiger partial charge >= 0.3 is 0 Å². The molecule has 0 fully saturated rings. The molecule has 1 aromatic heterocycles. The Hall–Kier alpha value is -1.83. The second kappa shape index (κ2) is 5.04. The highest BCUT2D eigenvalue weighted by molar-refractivity contribution is 5.46. The van der Waals surface area contributed by atoms with Gasteiger partial charge in [0, 0.05) is 11.3 Å². The van der Waals surface area contributed by atoms with E-state index in [0.29, 0.717) is 5.88 Å². The molecule has 0 saturated heterocycles. The lowest BCUT2D eigenvalue weighted by molar-refractivity contribution is 0.450. The van der Waals surface area contributed by atoms with Crippen molar-refractivity contribution in [3.05, 3.63) is 51.7 Å². The van der Waals surface area contributed by atoms with Crippen molar-refractivity contribution in [2.75, 3.05) is 0 Å². The van der Waals surface area contributed by atoms with Crippen LogP contribution in [0.3, 0.4) is 0 Å². The summed E-state index contributed by atoms with van der Waals surface area (Å²) >= 11 is 0. The van der Waals surface area contributed by atoms with Gasteiger partial charge < -0.3 is 4.74 Å². The summed E-state index contributed by atoms with van der Waals surface area (Å²) in [7, 11) is 0. The summed E-state index contributed by atoms with van der Waals surface area (Å²) in [6.07, 6.45) is 0. The van der Waals surface area contributed by atoms with Gasteiger partial charge in [0.05, 0.1) is 0 Å². The molecule has 19 heavy (non-hydrogen) atoms. The number of benzene rings is 1. The Bertz CT molecular complexity index is 606. The van der Waals surface area contributed by atoms with Gasteiger partial charge in [0.15, 0.2) is 0 Å². The minimum absolute atomic E-state index is 0.715. The third-order valence-electron chi connectivity index (χ3n) is 3.42. The smallest absolute Gasteiger partial charge is 0.222 e. The van der Waals surface area contributed by atoms with Gasteiger partial charge in [-0.25, -0.2) is 4.98 Å². The average molecular weight is 255 g/mol. The van der Waals surface area contributed by atoms with Gasteiger partial charge in [-0.3, -0.25) is 0 Å². The number of nitrogens with zero attached hydrogens (tertiary/aromatic N) is 1. The highest BCUT2D eigenvalue weighted by Crippen LogP contribution is 2.31. The molecule has 0 N–H and O–H groups in total. The van der Waals surface area contributed by atoms with E-state index in [-0.39, 0.29) is 0 Å². The summed E-state index contributed by atoms with van der Waals surface area (Å²) in [5.74, 6) is 1.64. The molecule has 0 aliphatic carbocycles. The Morgan fingerprint density at radius 2 is 1.37 bits per heavy atom. The molecule has 1 aromatic carbocycles. The van der Waals surface area contributed by atoms with Crippen LogP contribution in [-0.4, -0.2) is 4.98 Å². The predicted octanol–water partition coefficient (Wildman–Crippen LogP) is 4.72. The first-order valence-electron chi connectivity index (χ1n) is 6.59. The summed E-state index contributed by atoms with van der Waals surface area (Å²) in [4.78, 5) is 4.51. The Morgan fingerprint density at radius 3 is 1.95 bits per heavy atom. The normalized spacial score (nSPS) is 10.6. The fourth-order valence-corrected chi connectivity index (χ4v) is 2.39. The molecule has 0 spiro atoms. The van der Waals surface area contributed by atoms with Crippen LogP contribution in [0.25, 0.3) is 0 Å². The molecule has 0 unspecified atom stereocenters. The number of pyridine rings is 1. The maximum Gasteiger partial charge on any atom is 0.222 e. The first-order chi connectivity index (χ1) is 8.88. The lowest BCUT2D eigenvalue weighted by atomic mass is 10.1. The molecule has 2 aromatic rings. The monoisotopic (exact) mass is 255 g/mol. The van der Waals surface area contributed by atoms with E-state index in [9.17, 15) is 0 Å². The molecule has 2 nitrogen and oxygen atoms in total. The highest BCUT2D eigenvalue weighted by atomic mass is 16.5. The van der Waals surface area contributed by atoms with Crippen LogP contribution in [0.2, 0.25) is 0 Å². The molecule has 1 heterocycles. The molecule has 100 valence electrons. The Kier molecular flexibility index (Phi) is 3.61. The molecule has 2 heteroatoms. The number of hydrogen-bond donors (Lipinski definition) is 0. The van der Waals surface area contributed by atoms with E-state index >= 15 is 0 Å². The van der Waals surface area contributed by atoms with Crippen molar-refractivity contribution < 1.29 is 4.74 Å². The van der Waals surface area contributed by atoms with Crippen molar-refractivity contribution >= 4 is 0 Å². The molecule has 0 bridgehead atoms. The number of hydrogen-bond acceptors (Lipinski definition) is 2. The van der Waals surface area contributed by atoms with Crippen LogP contribution >= 0.6 is 0 Å². The fourth-order valence-electron chi connectivity index (χ4n) is 2.39. The lowest BCUT2D eigenvalue weighted by Crippen LogP contribution is -1.99. The van der Waals surface area contributed by atoms with Crippen LogP contribution < -0.4 is 4.74 Å². The summed E-state index contributed by atoms with van der Waals surface area (Å²) in [6.45, 7) is 12.4. The van der Waals surface area contributed by atoms with Crippen molar-refractivity contribution in [3.63, 3.8) is 0 Å². The third kappa shape index (κ3) is 2.78. The van der Waals surface area contributed by atoms with E-state index in [1.165, 1.54) is 11.1 Å². The summed E-state index contributed by atoms with van der Waals surface area (Å²) < 4.78 is 6.08. The Balaban J connectivity index is 2.48. The van der Waals surface area contributed by atoms with Crippen LogP contribution in [0, 0.1) is 41.5 Å². The third-order valence-corrected chi connectivity index (χ3v) is 3.42. The van der Waals surface area contributed by atoms with Crippen LogP contribution in [0.4, 0.5) is 0 Å². The van der Waals surface area contributed by atoms with Crippen molar-refractivity contribution in [1.82, 2.24) is 4.98 Å². The van der Waals surface area contributed by atoms with Crippen LogP contribution in [-0.2, 0) is 0 Å². The van der Waals surface area contributed by atoms with Gasteiger partial charge in [-0.05, 0) is 64.3 Å². The second-order valence-electron chi connectivity index (χ2n) is 5.34. The van der Waals surface area contributed by atoms with Crippen LogP contribution in [0.15, 0.2) is 18.2 Å². The zero-order valence-corrected chi connectivity index (χ0v) is 12.6. The number of rotatable bonds is 2. The van der Waals surface area contributed by atoms with Crippen molar-refractivity contribution in [3.8, 4) is 11.6 Å². The Morgan fingerprint density at radius 1 is 0.789 bits per heavy atom. The molecule has 0 radical (unpaired) electrons. The predicted molar refractivity (Wildman–Crippen MR) is 79.2 cm³/mol. The topological polar surface area (TPSA) is 22.1 Å². The summed E-state index contributed by atoms with van der Waals surface area (Å²) in [6, 6.07) is 6.36. The van der Waals surface area contributed by atoms with Gasteiger partial charge in [-0.1, -0.05) is 17.7 Å². The minimum Gasteiger partial charge on any atom is -0.438 e. The van der Waals surface area contributed by atoms with Gasteiger partial charge in [-0.15, -0.1) is 0 Å². The van der Waals surface area contributed by atoms with E-state index in [1.807, 2.05) is 6.92 Å². The maximum atomic E-state index is 6.08. The fraction of sp³-hybridized carbons (Fsp3) is 0.353. The SMILES string of the molecule is Cc1cc(C)c(Oc2nc(C)cc(C)c2C)c(C)c1. The van der Waals surface area contributed by atoms with E-state index in [2.05, 4.69) is 57.8 Å². The average Bonchev–Trinajstić information content (AvgIpc) is 2.29. The largest absolute Gasteiger partial charge is 0.438 e. The lowest BCUT2D eigenvalue weighted by Gasteiger charge is -2.15. The first-order valence-corrected chi connectivity index (χ1v) is 6.59. The van der Waals surface area contributed by atoms with Gasteiger partial charge in [0.2, 0.25) is 5.88 Å². The zero-order valence-electron chi connectivity index (χ0n) is 12.6. The molecule has 0 amide bonds. The van der Waals surface area contributed by atoms with Gasteiger partial charge in [-0.2, -0.15) is 0 Å². The minimum atomic E-state index is 0.715. The molecule has 0 aliphatic rings. The maximum absolute atomic E-state index is 6.08. The van der Waals surface area contributed by atoms with E-state index < -0.39 is 0 Å². The van der Waals surface area contributed by atoms with Crippen molar-refractivity contribution in [2.24, 2.45) is 0 Å². The molecule has 0 aliphatic heterocycles. The molecular weight excluding hydrogens is 234 g/mol. The zero-order chi connectivity index (χ0) is 14.2.